The standard InChI is InChI=1S/C20H24N4O6S2/c1-2-30-17-8-7-15(14-18(17)32(28,29)24-10-3-4-11-24)21-20(25)16-6-5-9-23-12-13-31(26,27)22-19(16)23/h5-9,14H,2-4,10-13H2,1H3,(H,21,25). The van der Waals surface area contributed by atoms with Crippen LogP contribution in [0, 0.1) is 0 Å². The normalized spacial score (nSPS) is 20.3. The third kappa shape index (κ3) is 4.43. The number of carbonyl (C=O) groups excluding carboxylic acids is 1. The zero-order valence-corrected chi connectivity index (χ0v) is 19.2. The van der Waals surface area contributed by atoms with E-state index in [1.54, 1.807) is 30.2 Å². The number of rotatable bonds is 6. The molecule has 1 aromatic carbocycles. The summed E-state index contributed by atoms with van der Waals surface area (Å²) >= 11 is 0. The number of nitrogens with one attached hydrogen (secondary N) is 1. The Bertz CT molecular complexity index is 1230. The van der Waals surface area contributed by atoms with E-state index in [4.69, 9.17) is 4.74 Å². The molecule has 0 atom stereocenters. The number of fused-ring (bicyclic) bond motifs is 1. The molecule has 1 aromatic rings. The summed E-state index contributed by atoms with van der Waals surface area (Å²) in [6.07, 6.45) is 6.35. The van der Waals surface area contributed by atoms with E-state index in [1.807, 2.05) is 0 Å². The molecule has 0 unspecified atom stereocenters. The first-order valence-corrected chi connectivity index (χ1v) is 13.3. The number of hydrogen-bond donors (Lipinski definition) is 1. The van der Waals surface area contributed by atoms with Crippen molar-refractivity contribution in [1.82, 2.24) is 9.21 Å². The maximum absolute atomic E-state index is 13.1. The van der Waals surface area contributed by atoms with Gasteiger partial charge in [0.1, 0.15) is 10.6 Å². The molecule has 0 saturated carbocycles. The van der Waals surface area contributed by atoms with Crippen molar-refractivity contribution >= 4 is 37.5 Å². The van der Waals surface area contributed by atoms with E-state index in [-0.39, 0.29) is 46.6 Å². The lowest BCUT2D eigenvalue weighted by Gasteiger charge is -2.28. The van der Waals surface area contributed by atoms with Gasteiger partial charge in [0, 0.05) is 31.5 Å². The monoisotopic (exact) mass is 480 g/mol. The number of amides is 1. The second-order valence-corrected chi connectivity index (χ2v) is 11.1. The fourth-order valence-corrected chi connectivity index (χ4v) is 6.38. The number of benzene rings is 1. The molecule has 3 aliphatic rings. The van der Waals surface area contributed by atoms with Crippen LogP contribution in [0.1, 0.15) is 19.8 Å². The smallest absolute Gasteiger partial charge is 0.259 e. The Morgan fingerprint density at radius 2 is 1.97 bits per heavy atom. The van der Waals surface area contributed by atoms with Gasteiger partial charge < -0.3 is 15.0 Å². The highest BCUT2D eigenvalue weighted by molar-refractivity contribution is 7.90. The van der Waals surface area contributed by atoms with Crippen LogP contribution < -0.4 is 10.1 Å². The molecule has 0 radical (unpaired) electrons. The van der Waals surface area contributed by atoms with E-state index in [9.17, 15) is 21.6 Å². The Hall–Kier alpha value is -2.70. The van der Waals surface area contributed by atoms with Crippen molar-refractivity contribution in [2.75, 3.05) is 37.3 Å². The van der Waals surface area contributed by atoms with Crippen molar-refractivity contribution in [2.24, 2.45) is 4.40 Å². The SMILES string of the molecule is CCOc1ccc(NC(=O)C2=CC=CN3CCS(=O)(=O)N=C23)cc1S(=O)(=O)N1CCCC1. The molecule has 0 aromatic heterocycles. The van der Waals surface area contributed by atoms with Crippen molar-refractivity contribution in [3.05, 3.63) is 42.1 Å². The van der Waals surface area contributed by atoms with Crippen LogP contribution in [0.25, 0.3) is 0 Å². The van der Waals surface area contributed by atoms with Crippen molar-refractivity contribution in [2.45, 2.75) is 24.7 Å². The lowest BCUT2D eigenvalue weighted by molar-refractivity contribution is -0.112. The number of amidine groups is 1. The van der Waals surface area contributed by atoms with E-state index in [1.165, 1.54) is 22.5 Å². The fourth-order valence-electron chi connectivity index (χ4n) is 3.72. The van der Waals surface area contributed by atoms with Crippen LogP contribution in [0.5, 0.6) is 5.75 Å². The molecule has 4 rings (SSSR count). The van der Waals surface area contributed by atoms with Gasteiger partial charge in [-0.05, 0) is 50.1 Å². The number of ether oxygens (including phenoxy) is 1. The van der Waals surface area contributed by atoms with Crippen molar-refractivity contribution < 1.29 is 26.4 Å². The minimum Gasteiger partial charge on any atom is -0.492 e. The van der Waals surface area contributed by atoms with E-state index < -0.39 is 26.0 Å². The summed E-state index contributed by atoms with van der Waals surface area (Å²) in [5.41, 5.74) is 0.325. The van der Waals surface area contributed by atoms with Gasteiger partial charge in [0.15, 0.2) is 5.84 Å². The largest absolute Gasteiger partial charge is 0.492 e. The Kier molecular flexibility index (Phi) is 6.10. The Balaban J connectivity index is 1.65. The molecule has 1 fully saturated rings. The molecule has 32 heavy (non-hydrogen) atoms. The molecule has 172 valence electrons. The molecule has 3 heterocycles. The van der Waals surface area contributed by atoms with Gasteiger partial charge in [-0.25, -0.2) is 16.8 Å². The zero-order chi connectivity index (χ0) is 22.9. The quantitative estimate of drug-likeness (QED) is 0.651. The summed E-state index contributed by atoms with van der Waals surface area (Å²) in [5.74, 6) is -0.464. The highest BCUT2D eigenvalue weighted by Gasteiger charge is 2.32. The van der Waals surface area contributed by atoms with Crippen molar-refractivity contribution in [1.29, 1.82) is 0 Å². The minimum absolute atomic E-state index is 0.0178. The first-order valence-electron chi connectivity index (χ1n) is 10.3. The Labute approximate surface area is 187 Å². The molecular weight excluding hydrogens is 456 g/mol. The third-order valence-corrected chi connectivity index (χ3v) is 8.36. The van der Waals surface area contributed by atoms with E-state index in [0.717, 1.165) is 12.8 Å². The van der Waals surface area contributed by atoms with Crippen LogP contribution in [-0.2, 0) is 24.8 Å². The lowest BCUT2D eigenvalue weighted by atomic mass is 10.1. The second-order valence-electron chi connectivity index (χ2n) is 7.48. The van der Waals surface area contributed by atoms with Gasteiger partial charge in [0.25, 0.3) is 15.9 Å². The van der Waals surface area contributed by atoms with Gasteiger partial charge in [-0.3, -0.25) is 4.79 Å². The maximum atomic E-state index is 13.1. The zero-order valence-electron chi connectivity index (χ0n) is 17.5. The van der Waals surface area contributed by atoms with Crippen LogP contribution in [0.4, 0.5) is 5.69 Å². The number of sulfonamides is 2. The second kappa shape index (κ2) is 8.68. The summed E-state index contributed by atoms with van der Waals surface area (Å²) in [6.45, 7) is 3.12. The van der Waals surface area contributed by atoms with Crippen molar-refractivity contribution in [3.8, 4) is 5.75 Å². The van der Waals surface area contributed by atoms with Gasteiger partial charge >= 0.3 is 0 Å². The molecule has 3 aliphatic heterocycles. The molecule has 0 aliphatic carbocycles. The molecule has 0 spiro atoms. The van der Waals surface area contributed by atoms with E-state index in [2.05, 4.69) is 9.71 Å². The van der Waals surface area contributed by atoms with Gasteiger partial charge in [0.2, 0.25) is 10.0 Å². The number of carbonyl (C=O) groups is 1. The van der Waals surface area contributed by atoms with Crippen LogP contribution in [-0.4, -0.2) is 69.8 Å². The van der Waals surface area contributed by atoms with E-state index in [0.29, 0.717) is 13.1 Å². The lowest BCUT2D eigenvalue weighted by Crippen LogP contribution is -2.40. The summed E-state index contributed by atoms with van der Waals surface area (Å²) in [7, 11) is -7.44. The molecule has 12 heteroatoms. The van der Waals surface area contributed by atoms with Crippen LogP contribution >= 0.6 is 0 Å². The van der Waals surface area contributed by atoms with Gasteiger partial charge in [-0.15, -0.1) is 4.40 Å². The predicted octanol–water partition coefficient (Wildman–Crippen LogP) is 1.31. The highest BCUT2D eigenvalue weighted by Crippen LogP contribution is 2.32. The molecular formula is C20H24N4O6S2. The average molecular weight is 481 g/mol. The summed E-state index contributed by atoms with van der Waals surface area (Å²) < 4.78 is 60.8. The third-order valence-electron chi connectivity index (χ3n) is 5.29. The van der Waals surface area contributed by atoms with Crippen LogP contribution in [0.2, 0.25) is 0 Å². The summed E-state index contributed by atoms with van der Waals surface area (Å²) in [4.78, 5) is 14.5. The topological polar surface area (TPSA) is 125 Å². The van der Waals surface area contributed by atoms with Gasteiger partial charge in [-0.2, -0.15) is 4.31 Å². The molecule has 1 N–H and O–H groups in total. The maximum Gasteiger partial charge on any atom is 0.259 e. The highest BCUT2D eigenvalue weighted by atomic mass is 32.2. The average Bonchev–Trinajstić information content (AvgIpc) is 3.30. The molecule has 1 saturated heterocycles. The first-order chi connectivity index (χ1) is 15.2. The molecule has 1 amide bonds. The summed E-state index contributed by atoms with van der Waals surface area (Å²) in [6, 6.07) is 4.42. The Morgan fingerprint density at radius 1 is 1.22 bits per heavy atom. The predicted molar refractivity (Wildman–Crippen MR) is 119 cm³/mol. The van der Waals surface area contributed by atoms with Crippen molar-refractivity contribution in [3.63, 3.8) is 0 Å². The van der Waals surface area contributed by atoms with Crippen LogP contribution in [0.3, 0.4) is 0 Å². The number of nitrogens with zero attached hydrogens (tertiary/aromatic N) is 3. The summed E-state index contributed by atoms with van der Waals surface area (Å²) in [5, 5.41) is 2.66. The Morgan fingerprint density at radius 3 is 2.69 bits per heavy atom. The van der Waals surface area contributed by atoms with E-state index >= 15 is 0 Å². The number of anilines is 1. The van der Waals surface area contributed by atoms with Gasteiger partial charge in [-0.1, -0.05) is 0 Å². The first kappa shape index (κ1) is 22.5. The molecule has 10 nitrogen and oxygen atoms in total. The molecule has 0 bridgehead atoms. The minimum atomic E-state index is -3.79. The number of allylic oxidation sites excluding steroid dienone is 2. The fraction of sp³-hybridized carbons (Fsp3) is 0.400. The van der Waals surface area contributed by atoms with Crippen LogP contribution in [0.15, 0.2) is 51.4 Å². The number of hydrogen-bond acceptors (Lipinski definition) is 7. The van der Waals surface area contributed by atoms with Gasteiger partial charge in [0.05, 0.1) is 17.9 Å².